The summed E-state index contributed by atoms with van der Waals surface area (Å²) in [5, 5.41) is 7.71. The van der Waals surface area contributed by atoms with Crippen LogP contribution in [0.2, 0.25) is 5.02 Å². The zero-order valence-electron chi connectivity index (χ0n) is 11.3. The number of thioether (sulfide) groups is 1. The van der Waals surface area contributed by atoms with Crippen molar-refractivity contribution in [1.29, 1.82) is 0 Å². The summed E-state index contributed by atoms with van der Waals surface area (Å²) in [6.45, 7) is 1.00. The molecule has 4 nitrogen and oxygen atoms in total. The Labute approximate surface area is 131 Å². The minimum absolute atomic E-state index is 0.238. The van der Waals surface area contributed by atoms with Gasteiger partial charge in [-0.25, -0.2) is 4.39 Å². The summed E-state index contributed by atoms with van der Waals surface area (Å²) in [6.07, 6.45) is 0.937. The smallest absolute Gasteiger partial charge is 0.228 e. The van der Waals surface area contributed by atoms with Crippen LogP contribution in [0.3, 0.4) is 0 Å². The van der Waals surface area contributed by atoms with Crippen LogP contribution in [0.5, 0.6) is 0 Å². The topological polar surface area (TPSA) is 51.0 Å². The van der Waals surface area contributed by atoms with Crippen molar-refractivity contribution < 1.29 is 8.91 Å². The van der Waals surface area contributed by atoms with E-state index in [1.54, 1.807) is 12.1 Å². The van der Waals surface area contributed by atoms with Crippen molar-refractivity contribution in [1.82, 2.24) is 15.5 Å². The fourth-order valence-corrected chi connectivity index (χ4v) is 3.44. The normalized spacial score (nSPS) is 18.9. The predicted octanol–water partition coefficient (Wildman–Crippen LogP) is 2.70. The molecule has 1 aromatic carbocycles. The van der Waals surface area contributed by atoms with Gasteiger partial charge in [-0.2, -0.15) is 16.7 Å². The summed E-state index contributed by atoms with van der Waals surface area (Å²) in [5.41, 5.74) is 0.401. The van der Waals surface area contributed by atoms with Gasteiger partial charge in [0.05, 0.1) is 0 Å². The van der Waals surface area contributed by atoms with E-state index in [1.807, 2.05) is 11.8 Å². The molecular weight excluding hydrogens is 313 g/mol. The van der Waals surface area contributed by atoms with Crippen molar-refractivity contribution in [3.05, 3.63) is 46.3 Å². The average molecular weight is 328 g/mol. The Morgan fingerprint density at radius 3 is 3.14 bits per heavy atom. The average Bonchev–Trinajstić information content (AvgIpc) is 2.91. The molecule has 1 fully saturated rings. The van der Waals surface area contributed by atoms with Gasteiger partial charge in [-0.05, 0) is 12.1 Å². The quantitative estimate of drug-likeness (QED) is 0.935. The maximum Gasteiger partial charge on any atom is 0.228 e. The van der Waals surface area contributed by atoms with Crippen LogP contribution in [0.15, 0.2) is 22.7 Å². The Kier molecular flexibility index (Phi) is 4.77. The number of aromatic nitrogens is 2. The SMILES string of the molecule is Fc1cccc(Cl)c1Cc1noc(CC2CSCCN2)n1. The number of nitrogens with zero attached hydrogens (tertiary/aromatic N) is 2. The Morgan fingerprint density at radius 1 is 1.48 bits per heavy atom. The Hall–Kier alpha value is -1.11. The third-order valence-electron chi connectivity index (χ3n) is 3.33. The van der Waals surface area contributed by atoms with Gasteiger partial charge >= 0.3 is 0 Å². The number of rotatable bonds is 4. The molecule has 1 atom stereocenters. The highest BCUT2D eigenvalue weighted by atomic mass is 35.5. The van der Waals surface area contributed by atoms with E-state index in [1.165, 1.54) is 6.07 Å². The number of hydrogen-bond acceptors (Lipinski definition) is 5. The second kappa shape index (κ2) is 6.77. The third-order valence-corrected chi connectivity index (χ3v) is 4.81. The van der Waals surface area contributed by atoms with Crippen molar-refractivity contribution >= 4 is 23.4 Å². The van der Waals surface area contributed by atoms with Gasteiger partial charge in [-0.3, -0.25) is 0 Å². The minimum Gasteiger partial charge on any atom is -0.339 e. The summed E-state index contributed by atoms with van der Waals surface area (Å²) >= 11 is 7.92. The van der Waals surface area contributed by atoms with Gasteiger partial charge < -0.3 is 9.84 Å². The number of halogens is 2. The molecule has 1 aliphatic heterocycles. The van der Waals surface area contributed by atoms with E-state index in [0.29, 0.717) is 34.8 Å². The van der Waals surface area contributed by atoms with Crippen molar-refractivity contribution in [3.8, 4) is 0 Å². The molecule has 0 bridgehead atoms. The fraction of sp³-hybridized carbons (Fsp3) is 0.429. The molecule has 0 spiro atoms. The predicted molar refractivity (Wildman–Crippen MR) is 81.3 cm³/mol. The van der Waals surface area contributed by atoms with E-state index in [2.05, 4.69) is 15.5 Å². The lowest BCUT2D eigenvalue weighted by Crippen LogP contribution is -2.38. The van der Waals surface area contributed by atoms with Crippen molar-refractivity contribution in [2.24, 2.45) is 0 Å². The second-order valence-corrected chi connectivity index (χ2v) is 6.47. The first-order valence-electron chi connectivity index (χ1n) is 6.78. The van der Waals surface area contributed by atoms with Crippen LogP contribution in [-0.4, -0.2) is 34.2 Å². The first-order valence-corrected chi connectivity index (χ1v) is 8.31. The highest BCUT2D eigenvalue weighted by molar-refractivity contribution is 7.99. The minimum atomic E-state index is -0.348. The van der Waals surface area contributed by atoms with Crippen LogP contribution in [0, 0.1) is 5.82 Å². The van der Waals surface area contributed by atoms with Crippen LogP contribution >= 0.6 is 23.4 Å². The van der Waals surface area contributed by atoms with E-state index in [9.17, 15) is 4.39 Å². The summed E-state index contributed by atoms with van der Waals surface area (Å²) in [5.74, 6) is 2.87. The molecule has 0 aliphatic carbocycles. The van der Waals surface area contributed by atoms with E-state index in [-0.39, 0.29) is 12.2 Å². The van der Waals surface area contributed by atoms with Crippen LogP contribution in [0.4, 0.5) is 4.39 Å². The number of benzene rings is 1. The Balaban J connectivity index is 1.67. The summed E-state index contributed by atoms with van der Waals surface area (Å²) in [7, 11) is 0. The molecule has 1 aromatic heterocycles. The van der Waals surface area contributed by atoms with Gasteiger partial charge in [0.15, 0.2) is 5.82 Å². The maximum absolute atomic E-state index is 13.7. The van der Waals surface area contributed by atoms with Gasteiger partial charge in [0.2, 0.25) is 5.89 Å². The van der Waals surface area contributed by atoms with E-state index < -0.39 is 0 Å². The van der Waals surface area contributed by atoms with Gasteiger partial charge in [0, 0.05) is 47.5 Å². The highest BCUT2D eigenvalue weighted by Crippen LogP contribution is 2.21. The van der Waals surface area contributed by atoms with Crippen molar-refractivity contribution in [2.75, 3.05) is 18.1 Å². The molecule has 1 saturated heterocycles. The lowest BCUT2D eigenvalue weighted by atomic mass is 10.1. The van der Waals surface area contributed by atoms with Gasteiger partial charge in [-0.15, -0.1) is 0 Å². The largest absolute Gasteiger partial charge is 0.339 e. The molecule has 1 N–H and O–H groups in total. The molecular formula is C14H15ClFN3OS. The van der Waals surface area contributed by atoms with E-state index in [4.69, 9.17) is 16.1 Å². The van der Waals surface area contributed by atoms with E-state index in [0.717, 1.165) is 18.1 Å². The maximum atomic E-state index is 13.7. The number of nitrogens with one attached hydrogen (secondary N) is 1. The molecule has 0 saturated carbocycles. The second-order valence-electron chi connectivity index (χ2n) is 4.91. The van der Waals surface area contributed by atoms with Crippen LogP contribution in [-0.2, 0) is 12.8 Å². The van der Waals surface area contributed by atoms with Gasteiger partial charge in [0.25, 0.3) is 0 Å². The molecule has 2 aromatic rings. The fourth-order valence-electron chi connectivity index (χ4n) is 2.27. The van der Waals surface area contributed by atoms with Crippen LogP contribution in [0.1, 0.15) is 17.3 Å². The van der Waals surface area contributed by atoms with Crippen molar-refractivity contribution in [3.63, 3.8) is 0 Å². The lowest BCUT2D eigenvalue weighted by Gasteiger charge is -2.21. The third kappa shape index (κ3) is 3.75. The van der Waals surface area contributed by atoms with Crippen LogP contribution < -0.4 is 5.32 Å². The molecule has 1 aliphatic rings. The first-order chi connectivity index (χ1) is 10.2. The van der Waals surface area contributed by atoms with Gasteiger partial charge in [0.1, 0.15) is 5.82 Å². The molecule has 3 rings (SSSR count). The summed E-state index contributed by atoms with van der Waals surface area (Å²) < 4.78 is 19.0. The first kappa shape index (κ1) is 14.8. The monoisotopic (exact) mass is 327 g/mol. The molecule has 112 valence electrons. The zero-order valence-corrected chi connectivity index (χ0v) is 12.9. The molecule has 2 heterocycles. The standard InChI is InChI=1S/C14H15ClFN3OS/c15-11-2-1-3-12(16)10(11)7-13-18-14(20-19-13)6-9-8-21-5-4-17-9/h1-3,9,17H,4-8H2. The molecule has 1 unspecified atom stereocenters. The van der Waals surface area contributed by atoms with E-state index >= 15 is 0 Å². The zero-order chi connectivity index (χ0) is 14.7. The van der Waals surface area contributed by atoms with Gasteiger partial charge in [-0.1, -0.05) is 22.8 Å². The highest BCUT2D eigenvalue weighted by Gasteiger charge is 2.18. The lowest BCUT2D eigenvalue weighted by molar-refractivity contribution is 0.359. The summed E-state index contributed by atoms with van der Waals surface area (Å²) in [6, 6.07) is 4.97. The molecule has 0 amide bonds. The van der Waals surface area contributed by atoms with Crippen molar-refractivity contribution in [2.45, 2.75) is 18.9 Å². The summed E-state index contributed by atoms with van der Waals surface area (Å²) in [4.78, 5) is 4.33. The molecule has 21 heavy (non-hydrogen) atoms. The van der Waals surface area contributed by atoms with Crippen LogP contribution in [0.25, 0.3) is 0 Å². The molecule has 7 heteroatoms. The molecule has 0 radical (unpaired) electrons. The Bertz CT molecular complexity index is 596. The number of hydrogen-bond donors (Lipinski definition) is 1. The Morgan fingerprint density at radius 2 is 2.38 bits per heavy atom.